The van der Waals surface area contributed by atoms with Gasteiger partial charge < -0.3 is 10.6 Å². The van der Waals surface area contributed by atoms with E-state index in [-0.39, 0.29) is 0 Å². The molecule has 1 atom stereocenters. The topological polar surface area (TPSA) is 24.1 Å². The van der Waals surface area contributed by atoms with Crippen molar-refractivity contribution in [1.82, 2.24) is 10.6 Å². The van der Waals surface area contributed by atoms with Crippen molar-refractivity contribution in [2.45, 2.75) is 25.9 Å². The minimum Gasteiger partial charge on any atom is -0.312 e. The normalized spacial score (nSPS) is 18.3. The van der Waals surface area contributed by atoms with Crippen LogP contribution in [0.1, 0.15) is 28.2 Å². The summed E-state index contributed by atoms with van der Waals surface area (Å²) in [7, 11) is 0. The first-order valence-electron chi connectivity index (χ1n) is 6.85. The highest BCUT2D eigenvalue weighted by molar-refractivity contribution is 7.08. The fraction of sp³-hybridized carbons (Fsp3) is 0.375. The molecule has 19 heavy (non-hydrogen) atoms. The summed E-state index contributed by atoms with van der Waals surface area (Å²) in [5.74, 6) is 0.587. The van der Waals surface area contributed by atoms with Gasteiger partial charge in [-0.15, -0.1) is 0 Å². The average Bonchev–Trinajstić information content (AvgIpc) is 2.85. The molecule has 1 aliphatic heterocycles. The molecule has 3 heteroatoms. The van der Waals surface area contributed by atoms with Gasteiger partial charge in [0.1, 0.15) is 0 Å². The Kier molecular flexibility index (Phi) is 3.97. The van der Waals surface area contributed by atoms with Crippen molar-refractivity contribution in [3.8, 4) is 0 Å². The molecular weight excluding hydrogens is 252 g/mol. The van der Waals surface area contributed by atoms with E-state index in [0.717, 1.165) is 26.2 Å². The molecule has 1 aliphatic rings. The maximum atomic E-state index is 3.61. The number of fused-ring (bicyclic) bond motifs is 1. The second-order valence-corrected chi connectivity index (χ2v) is 5.98. The zero-order valence-corrected chi connectivity index (χ0v) is 12.1. The van der Waals surface area contributed by atoms with Gasteiger partial charge in [-0.05, 0) is 39.9 Å². The van der Waals surface area contributed by atoms with E-state index in [1.165, 1.54) is 22.3 Å². The Morgan fingerprint density at radius 3 is 3.05 bits per heavy atom. The summed E-state index contributed by atoms with van der Waals surface area (Å²) in [6.45, 7) is 6.29. The average molecular weight is 272 g/mol. The number of benzene rings is 1. The number of thiophene rings is 1. The Hall–Kier alpha value is -1.16. The van der Waals surface area contributed by atoms with Crippen LogP contribution in [0.15, 0.2) is 35.0 Å². The van der Waals surface area contributed by atoms with Crippen LogP contribution in [0.4, 0.5) is 0 Å². The summed E-state index contributed by atoms with van der Waals surface area (Å²) in [4.78, 5) is 0. The van der Waals surface area contributed by atoms with E-state index in [2.05, 4.69) is 52.6 Å². The van der Waals surface area contributed by atoms with E-state index in [9.17, 15) is 0 Å². The molecule has 1 aromatic carbocycles. The number of aryl methyl sites for hydroxylation is 1. The molecule has 2 N–H and O–H groups in total. The Morgan fingerprint density at radius 2 is 2.21 bits per heavy atom. The Balaban J connectivity index is 1.61. The van der Waals surface area contributed by atoms with E-state index in [1.54, 1.807) is 11.3 Å². The van der Waals surface area contributed by atoms with Crippen LogP contribution in [-0.2, 0) is 13.1 Å². The van der Waals surface area contributed by atoms with Gasteiger partial charge in [-0.3, -0.25) is 0 Å². The first-order chi connectivity index (χ1) is 9.34. The van der Waals surface area contributed by atoms with Gasteiger partial charge in [-0.2, -0.15) is 11.3 Å². The highest BCUT2D eigenvalue weighted by Gasteiger charge is 2.18. The van der Waals surface area contributed by atoms with Crippen LogP contribution in [-0.4, -0.2) is 13.1 Å². The van der Waals surface area contributed by atoms with Gasteiger partial charge in [0.25, 0.3) is 0 Å². The minimum absolute atomic E-state index is 0.587. The van der Waals surface area contributed by atoms with Crippen molar-refractivity contribution in [1.29, 1.82) is 0 Å². The molecule has 0 saturated heterocycles. The Morgan fingerprint density at radius 1 is 1.32 bits per heavy atom. The lowest BCUT2D eigenvalue weighted by atomic mass is 9.91. The van der Waals surface area contributed by atoms with Crippen LogP contribution in [0.25, 0.3) is 0 Å². The molecule has 2 heterocycles. The van der Waals surface area contributed by atoms with Crippen molar-refractivity contribution in [2.75, 3.05) is 13.1 Å². The summed E-state index contributed by atoms with van der Waals surface area (Å²) < 4.78 is 0. The van der Waals surface area contributed by atoms with E-state index in [0.29, 0.717) is 5.92 Å². The van der Waals surface area contributed by atoms with Gasteiger partial charge in [0.05, 0.1) is 0 Å². The predicted molar refractivity (Wildman–Crippen MR) is 81.7 cm³/mol. The molecule has 0 amide bonds. The minimum atomic E-state index is 0.587. The van der Waals surface area contributed by atoms with Crippen LogP contribution in [0.3, 0.4) is 0 Å². The van der Waals surface area contributed by atoms with Gasteiger partial charge in [0.15, 0.2) is 0 Å². The molecule has 2 aromatic rings. The molecule has 1 unspecified atom stereocenters. The Labute approximate surface area is 118 Å². The molecule has 100 valence electrons. The molecule has 2 nitrogen and oxygen atoms in total. The summed E-state index contributed by atoms with van der Waals surface area (Å²) in [6.07, 6.45) is 0. The number of hydrogen-bond donors (Lipinski definition) is 2. The first kappa shape index (κ1) is 12.9. The van der Waals surface area contributed by atoms with Gasteiger partial charge >= 0.3 is 0 Å². The van der Waals surface area contributed by atoms with Crippen LogP contribution in [0.5, 0.6) is 0 Å². The summed E-state index contributed by atoms with van der Waals surface area (Å²) >= 11 is 1.79. The zero-order chi connectivity index (χ0) is 13.1. The zero-order valence-electron chi connectivity index (χ0n) is 11.3. The van der Waals surface area contributed by atoms with Crippen molar-refractivity contribution in [2.24, 2.45) is 0 Å². The lowest BCUT2D eigenvalue weighted by Gasteiger charge is -2.26. The molecule has 3 rings (SSSR count). The van der Waals surface area contributed by atoms with Crippen molar-refractivity contribution in [3.05, 3.63) is 57.3 Å². The number of nitrogens with one attached hydrogen (secondary N) is 2. The third kappa shape index (κ3) is 2.89. The highest BCUT2D eigenvalue weighted by atomic mass is 32.1. The fourth-order valence-corrected chi connectivity index (χ4v) is 3.57. The van der Waals surface area contributed by atoms with E-state index in [4.69, 9.17) is 0 Å². The lowest BCUT2D eigenvalue weighted by Crippen LogP contribution is -2.34. The second kappa shape index (κ2) is 5.87. The molecule has 0 saturated carbocycles. The van der Waals surface area contributed by atoms with Gasteiger partial charge in [-0.25, -0.2) is 0 Å². The monoisotopic (exact) mass is 272 g/mol. The third-order valence-electron chi connectivity index (χ3n) is 3.87. The van der Waals surface area contributed by atoms with Gasteiger partial charge in [0, 0.05) is 32.1 Å². The molecule has 0 spiro atoms. The summed E-state index contributed by atoms with van der Waals surface area (Å²) in [5.41, 5.74) is 5.80. The second-order valence-electron chi connectivity index (χ2n) is 5.24. The summed E-state index contributed by atoms with van der Waals surface area (Å²) in [5, 5.41) is 11.6. The lowest BCUT2D eigenvalue weighted by molar-refractivity contribution is 0.503. The van der Waals surface area contributed by atoms with E-state index < -0.39 is 0 Å². The van der Waals surface area contributed by atoms with Crippen LogP contribution >= 0.6 is 11.3 Å². The highest BCUT2D eigenvalue weighted by Crippen LogP contribution is 2.23. The van der Waals surface area contributed by atoms with Crippen LogP contribution < -0.4 is 10.6 Å². The fourth-order valence-electron chi connectivity index (χ4n) is 2.72. The Bertz CT molecular complexity index is 547. The summed E-state index contributed by atoms with van der Waals surface area (Å²) in [6, 6.07) is 8.79. The maximum Gasteiger partial charge on any atom is 0.0216 e. The molecule has 0 bridgehead atoms. The largest absolute Gasteiger partial charge is 0.312 e. The van der Waals surface area contributed by atoms with E-state index in [1.807, 2.05) is 0 Å². The van der Waals surface area contributed by atoms with Gasteiger partial charge in [0.2, 0.25) is 0 Å². The number of rotatable bonds is 4. The SMILES string of the molecule is Cc1cscc1CNCC1CNCc2ccccc21. The van der Waals surface area contributed by atoms with Crippen molar-refractivity contribution >= 4 is 11.3 Å². The van der Waals surface area contributed by atoms with E-state index >= 15 is 0 Å². The smallest absolute Gasteiger partial charge is 0.0216 e. The maximum absolute atomic E-state index is 3.61. The van der Waals surface area contributed by atoms with Crippen molar-refractivity contribution in [3.63, 3.8) is 0 Å². The molecule has 0 fully saturated rings. The van der Waals surface area contributed by atoms with Crippen LogP contribution in [0.2, 0.25) is 0 Å². The molecule has 1 aromatic heterocycles. The first-order valence-corrected chi connectivity index (χ1v) is 7.80. The van der Waals surface area contributed by atoms with Crippen molar-refractivity contribution < 1.29 is 0 Å². The number of hydrogen-bond acceptors (Lipinski definition) is 3. The molecule has 0 aliphatic carbocycles. The molecule has 0 radical (unpaired) electrons. The predicted octanol–water partition coefficient (Wildman–Crippen LogP) is 3.03. The quantitative estimate of drug-likeness (QED) is 0.894. The third-order valence-corrected chi connectivity index (χ3v) is 4.78. The molecular formula is C16H20N2S. The van der Waals surface area contributed by atoms with Crippen LogP contribution in [0, 0.1) is 6.92 Å². The standard InChI is InChI=1S/C16H20N2S/c1-12-10-19-11-15(12)9-18-8-14-7-17-6-13-4-2-3-5-16(13)14/h2-5,10-11,14,17-18H,6-9H2,1H3. The van der Waals surface area contributed by atoms with Gasteiger partial charge in [-0.1, -0.05) is 24.3 Å².